The van der Waals surface area contributed by atoms with Crippen LogP contribution in [0.3, 0.4) is 0 Å². The van der Waals surface area contributed by atoms with Gasteiger partial charge in [-0.15, -0.1) is 0 Å². The maximum absolute atomic E-state index is 4.50. The minimum Gasteiger partial charge on any atom is -0.313 e. The summed E-state index contributed by atoms with van der Waals surface area (Å²) in [6, 6.07) is 8.57. The zero-order valence-corrected chi connectivity index (χ0v) is 12.1. The summed E-state index contributed by atoms with van der Waals surface area (Å²) in [5.41, 5.74) is 5.14. The van der Waals surface area contributed by atoms with Gasteiger partial charge in [0.1, 0.15) is 0 Å². The van der Waals surface area contributed by atoms with Gasteiger partial charge < -0.3 is 5.32 Å². The molecule has 1 N–H and O–H groups in total. The average Bonchev–Trinajstić information content (AvgIpc) is 2.79. The molecule has 0 amide bonds. The summed E-state index contributed by atoms with van der Waals surface area (Å²) in [5.74, 6) is 0. The van der Waals surface area contributed by atoms with E-state index in [4.69, 9.17) is 0 Å². The van der Waals surface area contributed by atoms with Gasteiger partial charge in [0.2, 0.25) is 0 Å². The molecule has 0 radical (unpaired) electrons. The number of hydrogen-bond acceptors (Lipinski definition) is 2. The van der Waals surface area contributed by atoms with Gasteiger partial charge in [-0.05, 0) is 31.0 Å². The summed E-state index contributed by atoms with van der Waals surface area (Å²) in [6.45, 7) is 9.35. The van der Waals surface area contributed by atoms with Crippen molar-refractivity contribution in [2.75, 3.05) is 6.54 Å². The molecule has 3 heteroatoms. The van der Waals surface area contributed by atoms with E-state index in [-0.39, 0.29) is 0 Å². The van der Waals surface area contributed by atoms with Crippen LogP contribution in [0.5, 0.6) is 0 Å². The summed E-state index contributed by atoms with van der Waals surface area (Å²) >= 11 is 0. The molecule has 0 aliphatic rings. The maximum Gasteiger partial charge on any atom is 0.0571 e. The van der Waals surface area contributed by atoms with Gasteiger partial charge >= 0.3 is 0 Å². The number of aryl methyl sites for hydroxylation is 1. The molecule has 3 nitrogen and oxygen atoms in total. The van der Waals surface area contributed by atoms with Gasteiger partial charge in [-0.1, -0.05) is 38.1 Å². The molecule has 0 saturated heterocycles. The van der Waals surface area contributed by atoms with Crippen LogP contribution in [0, 0.1) is 6.92 Å². The molecule has 1 aromatic heterocycles. The molecule has 2 rings (SSSR count). The van der Waals surface area contributed by atoms with Crippen molar-refractivity contribution in [3.8, 4) is 11.1 Å². The Morgan fingerprint density at radius 1 is 1.16 bits per heavy atom. The van der Waals surface area contributed by atoms with Crippen LogP contribution in [-0.2, 0) is 13.1 Å². The molecule has 2 aromatic rings. The third-order valence-electron chi connectivity index (χ3n) is 3.41. The van der Waals surface area contributed by atoms with E-state index in [0.29, 0.717) is 0 Å². The van der Waals surface area contributed by atoms with Crippen LogP contribution in [0.4, 0.5) is 0 Å². The molecular formula is C16H23N3. The molecule has 0 saturated carbocycles. The largest absolute Gasteiger partial charge is 0.313 e. The van der Waals surface area contributed by atoms with E-state index in [1.807, 2.05) is 6.20 Å². The van der Waals surface area contributed by atoms with Crippen molar-refractivity contribution >= 4 is 0 Å². The van der Waals surface area contributed by atoms with Gasteiger partial charge in [0.15, 0.2) is 0 Å². The summed E-state index contributed by atoms with van der Waals surface area (Å²) in [6.07, 6.45) is 3.11. The quantitative estimate of drug-likeness (QED) is 0.859. The van der Waals surface area contributed by atoms with Crippen molar-refractivity contribution in [1.82, 2.24) is 15.1 Å². The lowest BCUT2D eigenvalue weighted by Crippen LogP contribution is -2.12. The van der Waals surface area contributed by atoms with Gasteiger partial charge in [-0.3, -0.25) is 4.68 Å². The van der Waals surface area contributed by atoms with Crippen LogP contribution in [0.2, 0.25) is 0 Å². The van der Waals surface area contributed by atoms with Crippen LogP contribution >= 0.6 is 0 Å². The maximum atomic E-state index is 4.50. The summed E-state index contributed by atoms with van der Waals surface area (Å²) in [5, 5.41) is 7.90. The highest BCUT2D eigenvalue weighted by Gasteiger charge is 2.11. The molecule has 0 aliphatic carbocycles. The fourth-order valence-electron chi connectivity index (χ4n) is 2.35. The third kappa shape index (κ3) is 3.04. The van der Waals surface area contributed by atoms with Crippen molar-refractivity contribution in [1.29, 1.82) is 0 Å². The Morgan fingerprint density at radius 3 is 2.68 bits per heavy atom. The SMILES string of the molecule is CCCn1ncc(-c2ccccc2CNCC)c1C. The highest BCUT2D eigenvalue weighted by molar-refractivity contribution is 5.68. The molecule has 0 bridgehead atoms. The molecule has 0 fully saturated rings. The Morgan fingerprint density at radius 2 is 1.95 bits per heavy atom. The van der Waals surface area contributed by atoms with Crippen LogP contribution in [-0.4, -0.2) is 16.3 Å². The van der Waals surface area contributed by atoms with Crippen molar-refractivity contribution in [2.24, 2.45) is 0 Å². The number of aromatic nitrogens is 2. The molecule has 1 aromatic carbocycles. The van der Waals surface area contributed by atoms with Crippen molar-refractivity contribution < 1.29 is 0 Å². The van der Waals surface area contributed by atoms with E-state index < -0.39 is 0 Å². The first kappa shape index (κ1) is 13.8. The van der Waals surface area contributed by atoms with Crippen LogP contribution in [0.25, 0.3) is 11.1 Å². The minimum absolute atomic E-state index is 0.908. The predicted molar refractivity (Wildman–Crippen MR) is 80.1 cm³/mol. The molecule has 0 aliphatic heterocycles. The van der Waals surface area contributed by atoms with Crippen molar-refractivity contribution in [2.45, 2.75) is 40.3 Å². The summed E-state index contributed by atoms with van der Waals surface area (Å²) in [7, 11) is 0. The minimum atomic E-state index is 0.908. The molecular weight excluding hydrogens is 234 g/mol. The van der Waals surface area contributed by atoms with Gasteiger partial charge in [0.25, 0.3) is 0 Å². The lowest BCUT2D eigenvalue weighted by molar-refractivity contribution is 0.587. The molecule has 0 unspecified atom stereocenters. The highest BCUT2D eigenvalue weighted by Crippen LogP contribution is 2.26. The highest BCUT2D eigenvalue weighted by atomic mass is 15.3. The van der Waals surface area contributed by atoms with E-state index in [1.165, 1.54) is 22.4 Å². The average molecular weight is 257 g/mol. The standard InChI is InChI=1S/C16H23N3/c1-4-10-19-13(3)16(12-18-19)15-9-7-6-8-14(15)11-17-5-2/h6-9,12,17H,4-5,10-11H2,1-3H3. The monoisotopic (exact) mass is 257 g/mol. The second-order valence-electron chi connectivity index (χ2n) is 4.80. The molecule has 19 heavy (non-hydrogen) atoms. The number of benzene rings is 1. The van der Waals surface area contributed by atoms with Crippen molar-refractivity contribution in [3.63, 3.8) is 0 Å². The number of nitrogens with zero attached hydrogens (tertiary/aromatic N) is 2. The fourth-order valence-corrected chi connectivity index (χ4v) is 2.35. The van der Waals surface area contributed by atoms with E-state index >= 15 is 0 Å². The normalized spacial score (nSPS) is 10.9. The lowest BCUT2D eigenvalue weighted by atomic mass is 10.0. The Hall–Kier alpha value is -1.61. The van der Waals surface area contributed by atoms with Gasteiger partial charge in [-0.25, -0.2) is 0 Å². The molecule has 102 valence electrons. The molecule has 0 spiro atoms. The number of rotatable bonds is 6. The molecule has 0 atom stereocenters. The number of nitrogens with one attached hydrogen (secondary N) is 1. The lowest BCUT2D eigenvalue weighted by Gasteiger charge is -2.10. The Balaban J connectivity index is 2.35. The molecule has 1 heterocycles. The Bertz CT molecular complexity index is 529. The van der Waals surface area contributed by atoms with E-state index in [9.17, 15) is 0 Å². The third-order valence-corrected chi connectivity index (χ3v) is 3.41. The zero-order valence-electron chi connectivity index (χ0n) is 12.1. The smallest absolute Gasteiger partial charge is 0.0571 e. The van der Waals surface area contributed by atoms with Crippen LogP contribution in [0.1, 0.15) is 31.5 Å². The van der Waals surface area contributed by atoms with Crippen LogP contribution < -0.4 is 5.32 Å². The first-order valence-corrected chi connectivity index (χ1v) is 7.09. The first-order chi connectivity index (χ1) is 9.27. The Kier molecular flexibility index (Phi) is 4.74. The van der Waals surface area contributed by atoms with E-state index in [2.05, 4.69) is 60.1 Å². The predicted octanol–water partition coefficient (Wildman–Crippen LogP) is 3.38. The second kappa shape index (κ2) is 6.53. The van der Waals surface area contributed by atoms with Crippen LogP contribution in [0.15, 0.2) is 30.5 Å². The zero-order chi connectivity index (χ0) is 13.7. The number of hydrogen-bond donors (Lipinski definition) is 1. The topological polar surface area (TPSA) is 29.9 Å². The van der Waals surface area contributed by atoms with Crippen molar-refractivity contribution in [3.05, 3.63) is 41.7 Å². The second-order valence-corrected chi connectivity index (χ2v) is 4.80. The van der Waals surface area contributed by atoms with Gasteiger partial charge in [0, 0.05) is 24.3 Å². The summed E-state index contributed by atoms with van der Waals surface area (Å²) in [4.78, 5) is 0. The first-order valence-electron chi connectivity index (χ1n) is 7.09. The summed E-state index contributed by atoms with van der Waals surface area (Å²) < 4.78 is 2.10. The fraction of sp³-hybridized carbons (Fsp3) is 0.438. The Labute approximate surface area is 115 Å². The van der Waals surface area contributed by atoms with E-state index in [1.54, 1.807) is 0 Å². The van der Waals surface area contributed by atoms with Gasteiger partial charge in [0.05, 0.1) is 6.20 Å². The van der Waals surface area contributed by atoms with E-state index in [0.717, 1.165) is 26.1 Å². The van der Waals surface area contributed by atoms with Gasteiger partial charge in [-0.2, -0.15) is 5.10 Å².